The molecule has 0 spiro atoms. The normalized spacial score (nSPS) is 27.3. The van der Waals surface area contributed by atoms with Crippen molar-refractivity contribution in [2.24, 2.45) is 5.92 Å². The lowest BCUT2D eigenvalue weighted by Gasteiger charge is -2.31. The van der Waals surface area contributed by atoms with Crippen LogP contribution in [0.25, 0.3) is 0 Å². The van der Waals surface area contributed by atoms with Gasteiger partial charge in [0.15, 0.2) is 0 Å². The lowest BCUT2D eigenvalue weighted by Crippen LogP contribution is -2.45. The molecule has 21 heavy (non-hydrogen) atoms. The molecule has 1 heterocycles. The molecule has 2 N–H and O–H groups in total. The largest absolute Gasteiger partial charge is 0.394 e. The fourth-order valence-electron chi connectivity index (χ4n) is 4.49. The monoisotopic (exact) mass is 296 g/mol. The van der Waals surface area contributed by atoms with E-state index in [0.29, 0.717) is 0 Å². The van der Waals surface area contributed by atoms with Crippen LogP contribution in [0.15, 0.2) is 0 Å². The fourth-order valence-corrected chi connectivity index (χ4v) is 4.49. The highest BCUT2D eigenvalue weighted by Gasteiger charge is 2.32. The molecule has 0 radical (unpaired) electrons. The van der Waals surface area contributed by atoms with Gasteiger partial charge >= 0.3 is 0 Å². The van der Waals surface area contributed by atoms with E-state index in [2.05, 4.69) is 24.1 Å². The van der Waals surface area contributed by atoms with Crippen LogP contribution in [-0.2, 0) is 0 Å². The van der Waals surface area contributed by atoms with Crippen molar-refractivity contribution in [3.8, 4) is 0 Å². The maximum absolute atomic E-state index is 9.54. The summed E-state index contributed by atoms with van der Waals surface area (Å²) in [6.45, 7) is 8.04. The Morgan fingerprint density at radius 3 is 2.57 bits per heavy atom. The topological polar surface area (TPSA) is 35.5 Å². The minimum absolute atomic E-state index is 0.0788. The molecule has 124 valence electrons. The molecular formula is C18H36N2O. The smallest absolute Gasteiger partial charge is 0.0610 e. The van der Waals surface area contributed by atoms with Gasteiger partial charge in [-0.3, -0.25) is 0 Å². The molecule has 3 heteroatoms. The quantitative estimate of drug-likeness (QED) is 0.642. The standard InChI is InChI=1S/C18H36N2O/c1-3-19-18(2,15-21)12-6-7-13-20-14-8-11-17(20)16-9-4-5-10-16/h16-17,19,21H,3-15H2,1-2H3. The Bertz CT molecular complexity index is 291. The Morgan fingerprint density at radius 1 is 1.14 bits per heavy atom. The molecule has 0 aromatic carbocycles. The second-order valence-electron chi connectivity index (χ2n) is 7.50. The number of likely N-dealkylation sites (tertiary alicyclic amines) is 1. The van der Waals surface area contributed by atoms with Gasteiger partial charge in [-0.25, -0.2) is 0 Å². The van der Waals surface area contributed by atoms with Crippen LogP contribution in [-0.4, -0.2) is 47.8 Å². The van der Waals surface area contributed by atoms with Crippen LogP contribution < -0.4 is 5.32 Å². The van der Waals surface area contributed by atoms with Crippen LogP contribution in [0, 0.1) is 5.92 Å². The second kappa shape index (κ2) is 8.50. The summed E-state index contributed by atoms with van der Waals surface area (Å²) in [6, 6.07) is 0.894. The van der Waals surface area contributed by atoms with Crippen LogP contribution in [0.1, 0.15) is 71.6 Å². The summed E-state index contributed by atoms with van der Waals surface area (Å²) in [5.74, 6) is 0.997. The van der Waals surface area contributed by atoms with Gasteiger partial charge in [0.1, 0.15) is 0 Å². The molecule has 2 rings (SSSR count). The van der Waals surface area contributed by atoms with Gasteiger partial charge in [0.05, 0.1) is 6.61 Å². The maximum atomic E-state index is 9.54. The summed E-state index contributed by atoms with van der Waals surface area (Å²) in [5.41, 5.74) is -0.0788. The van der Waals surface area contributed by atoms with E-state index in [0.717, 1.165) is 24.9 Å². The van der Waals surface area contributed by atoms with Crippen molar-refractivity contribution in [1.82, 2.24) is 10.2 Å². The molecule has 0 aromatic rings. The molecule has 3 nitrogen and oxygen atoms in total. The van der Waals surface area contributed by atoms with Crippen LogP contribution in [0.4, 0.5) is 0 Å². The van der Waals surface area contributed by atoms with Gasteiger partial charge in [-0.05, 0) is 71.0 Å². The first-order chi connectivity index (χ1) is 10.2. The Hall–Kier alpha value is -0.120. The van der Waals surface area contributed by atoms with Gasteiger partial charge in [-0.1, -0.05) is 26.2 Å². The third-order valence-electron chi connectivity index (χ3n) is 5.73. The van der Waals surface area contributed by atoms with Crippen molar-refractivity contribution in [3.05, 3.63) is 0 Å². The number of nitrogens with one attached hydrogen (secondary N) is 1. The number of unbranched alkanes of at least 4 members (excludes halogenated alkanes) is 1. The van der Waals surface area contributed by atoms with Crippen molar-refractivity contribution < 1.29 is 5.11 Å². The number of rotatable bonds is 9. The minimum atomic E-state index is -0.0788. The van der Waals surface area contributed by atoms with Crippen molar-refractivity contribution in [3.63, 3.8) is 0 Å². The van der Waals surface area contributed by atoms with Crippen molar-refractivity contribution in [2.45, 2.75) is 83.2 Å². The number of aliphatic hydroxyl groups excluding tert-OH is 1. The first-order valence-electron chi connectivity index (χ1n) is 9.28. The summed E-state index contributed by atoms with van der Waals surface area (Å²) in [5, 5.41) is 13.0. The Kier molecular flexibility index (Phi) is 6.97. The average molecular weight is 296 g/mol. The second-order valence-corrected chi connectivity index (χ2v) is 7.50. The summed E-state index contributed by atoms with van der Waals surface area (Å²) in [7, 11) is 0. The Morgan fingerprint density at radius 2 is 1.90 bits per heavy atom. The summed E-state index contributed by atoms with van der Waals surface area (Å²) in [4.78, 5) is 2.78. The predicted molar refractivity (Wildman–Crippen MR) is 89.6 cm³/mol. The van der Waals surface area contributed by atoms with Gasteiger partial charge in [-0.2, -0.15) is 0 Å². The van der Waals surface area contributed by atoms with Gasteiger partial charge in [0.25, 0.3) is 0 Å². The molecule has 1 saturated heterocycles. The van der Waals surface area contributed by atoms with E-state index >= 15 is 0 Å². The van der Waals surface area contributed by atoms with Gasteiger partial charge in [0, 0.05) is 11.6 Å². The van der Waals surface area contributed by atoms with Crippen molar-refractivity contribution in [2.75, 3.05) is 26.2 Å². The van der Waals surface area contributed by atoms with Crippen LogP contribution in [0.3, 0.4) is 0 Å². The lowest BCUT2D eigenvalue weighted by molar-refractivity contribution is 0.157. The first kappa shape index (κ1) is 17.2. The lowest BCUT2D eigenvalue weighted by atomic mass is 9.94. The molecule has 2 aliphatic rings. The Balaban J connectivity index is 1.67. The Labute approximate surface area is 131 Å². The highest BCUT2D eigenvalue weighted by atomic mass is 16.3. The SMILES string of the molecule is CCNC(C)(CO)CCCCN1CCCC1C1CCCC1. The molecular weight excluding hydrogens is 260 g/mol. The third-order valence-corrected chi connectivity index (χ3v) is 5.73. The highest BCUT2D eigenvalue weighted by Crippen LogP contribution is 2.35. The van der Waals surface area contributed by atoms with E-state index in [4.69, 9.17) is 0 Å². The van der Waals surface area contributed by atoms with Crippen LogP contribution in [0.5, 0.6) is 0 Å². The van der Waals surface area contributed by atoms with Gasteiger partial charge in [-0.15, -0.1) is 0 Å². The number of likely N-dealkylation sites (N-methyl/N-ethyl adjacent to an activating group) is 1. The maximum Gasteiger partial charge on any atom is 0.0610 e. The molecule has 2 atom stereocenters. The third kappa shape index (κ3) is 4.94. The average Bonchev–Trinajstić information content (AvgIpc) is 3.14. The molecule has 0 amide bonds. The van der Waals surface area contributed by atoms with Gasteiger partial charge < -0.3 is 15.3 Å². The fraction of sp³-hybridized carbons (Fsp3) is 1.00. The highest BCUT2D eigenvalue weighted by molar-refractivity contribution is 4.88. The number of hydrogen-bond donors (Lipinski definition) is 2. The van der Waals surface area contributed by atoms with Crippen molar-refractivity contribution in [1.29, 1.82) is 0 Å². The van der Waals surface area contributed by atoms with E-state index in [1.807, 2.05) is 0 Å². The number of aliphatic hydroxyl groups is 1. The number of nitrogens with zero attached hydrogens (tertiary/aromatic N) is 1. The van der Waals surface area contributed by atoms with E-state index in [1.165, 1.54) is 64.5 Å². The zero-order valence-electron chi connectivity index (χ0n) is 14.2. The summed E-state index contributed by atoms with van der Waals surface area (Å²) in [6.07, 6.45) is 12.3. The van der Waals surface area contributed by atoms with Crippen LogP contribution in [0.2, 0.25) is 0 Å². The molecule has 2 unspecified atom stereocenters. The molecule has 2 fully saturated rings. The molecule has 0 bridgehead atoms. The zero-order valence-corrected chi connectivity index (χ0v) is 14.2. The zero-order chi connectivity index (χ0) is 15.1. The van der Waals surface area contributed by atoms with E-state index in [9.17, 15) is 5.11 Å². The van der Waals surface area contributed by atoms with Crippen molar-refractivity contribution >= 4 is 0 Å². The first-order valence-corrected chi connectivity index (χ1v) is 9.28. The van der Waals surface area contributed by atoms with E-state index in [1.54, 1.807) is 0 Å². The predicted octanol–water partition coefficient (Wildman–Crippen LogP) is 3.17. The molecule has 1 aliphatic carbocycles. The van der Waals surface area contributed by atoms with E-state index < -0.39 is 0 Å². The minimum Gasteiger partial charge on any atom is -0.394 e. The summed E-state index contributed by atoms with van der Waals surface area (Å²) >= 11 is 0. The van der Waals surface area contributed by atoms with Gasteiger partial charge in [0.2, 0.25) is 0 Å². The molecule has 0 aromatic heterocycles. The van der Waals surface area contributed by atoms with Crippen LogP contribution >= 0.6 is 0 Å². The van der Waals surface area contributed by atoms with E-state index in [-0.39, 0.29) is 12.1 Å². The number of hydrogen-bond acceptors (Lipinski definition) is 3. The summed E-state index contributed by atoms with van der Waals surface area (Å²) < 4.78 is 0. The molecule has 1 saturated carbocycles. The molecule has 1 aliphatic heterocycles.